The molecule has 0 atom stereocenters. The largest absolute Gasteiger partial charge is 0.379 e. The van der Waals surface area contributed by atoms with Gasteiger partial charge in [0.2, 0.25) is 5.91 Å². The van der Waals surface area contributed by atoms with Gasteiger partial charge >= 0.3 is 0 Å². The highest BCUT2D eigenvalue weighted by molar-refractivity contribution is 7.92. The molecule has 1 fully saturated rings. The van der Waals surface area contributed by atoms with E-state index in [2.05, 4.69) is 9.88 Å². The van der Waals surface area contributed by atoms with Gasteiger partial charge in [0.25, 0.3) is 0 Å². The average Bonchev–Trinajstić information content (AvgIpc) is 3.20. The summed E-state index contributed by atoms with van der Waals surface area (Å²) in [7, 11) is -3.93. The van der Waals surface area contributed by atoms with Gasteiger partial charge in [0, 0.05) is 26.2 Å². The Kier molecular flexibility index (Phi) is 6.85. The lowest BCUT2D eigenvalue weighted by Crippen LogP contribution is -2.44. The topological polar surface area (TPSA) is 79.8 Å². The molecule has 0 bridgehead atoms. The van der Waals surface area contributed by atoms with Gasteiger partial charge in [-0.2, -0.15) is 0 Å². The fourth-order valence-corrected chi connectivity index (χ4v) is 5.83. The molecule has 1 saturated heterocycles. The van der Waals surface area contributed by atoms with Gasteiger partial charge in [-0.25, -0.2) is 17.8 Å². The predicted octanol–water partition coefficient (Wildman–Crippen LogP) is 2.88. The van der Waals surface area contributed by atoms with Gasteiger partial charge < -0.3 is 4.74 Å². The number of fused-ring (bicyclic) bond motifs is 1. The van der Waals surface area contributed by atoms with Crippen LogP contribution in [0.1, 0.15) is 5.56 Å². The summed E-state index contributed by atoms with van der Waals surface area (Å²) in [4.78, 5) is 21.4. The van der Waals surface area contributed by atoms with Crippen LogP contribution in [0.25, 0.3) is 10.2 Å². The number of rotatable bonds is 7. The van der Waals surface area contributed by atoms with Crippen LogP contribution in [-0.2, 0) is 19.4 Å². The van der Waals surface area contributed by atoms with E-state index >= 15 is 0 Å². The van der Waals surface area contributed by atoms with Crippen LogP contribution in [0.2, 0.25) is 0 Å². The second-order valence-corrected chi connectivity index (χ2v) is 10.6. The molecule has 0 aliphatic carbocycles. The maximum atomic E-state index is 13.2. The monoisotopic (exact) mass is 477 g/mol. The zero-order valence-corrected chi connectivity index (χ0v) is 19.3. The molecule has 32 heavy (non-hydrogen) atoms. The van der Waals surface area contributed by atoms with E-state index in [1.165, 1.54) is 28.4 Å². The summed E-state index contributed by atoms with van der Waals surface area (Å²) in [5.74, 6) is -1.80. The van der Waals surface area contributed by atoms with E-state index in [0.29, 0.717) is 31.4 Å². The molecule has 170 valence electrons. The molecule has 2 heterocycles. The van der Waals surface area contributed by atoms with Gasteiger partial charge in [-0.15, -0.1) is 0 Å². The standard InChI is InChI=1S/C22H24FN3O4S2/c1-16-3-2-4-19-21(16)24-22(31-19)26(10-9-25-11-13-30-14-12-25)20(27)15-32(28,29)18-7-5-17(23)6-8-18/h2-8H,9-15H2,1H3. The molecule has 10 heteroatoms. The number of aryl methyl sites for hydroxylation is 1. The number of amides is 1. The van der Waals surface area contributed by atoms with Crippen molar-refractivity contribution in [1.29, 1.82) is 0 Å². The Morgan fingerprint density at radius 1 is 1.19 bits per heavy atom. The van der Waals surface area contributed by atoms with Crippen molar-refractivity contribution in [3.63, 3.8) is 0 Å². The molecular weight excluding hydrogens is 453 g/mol. The van der Waals surface area contributed by atoms with Crippen molar-refractivity contribution < 1.29 is 22.3 Å². The Hall–Kier alpha value is -2.40. The predicted molar refractivity (Wildman–Crippen MR) is 122 cm³/mol. The van der Waals surface area contributed by atoms with E-state index in [1.807, 2.05) is 25.1 Å². The SMILES string of the molecule is Cc1cccc2sc(N(CCN3CCOCC3)C(=O)CS(=O)(=O)c3ccc(F)cc3)nc12. The third kappa shape index (κ3) is 5.15. The van der Waals surface area contributed by atoms with Gasteiger partial charge in [-0.1, -0.05) is 23.5 Å². The summed E-state index contributed by atoms with van der Waals surface area (Å²) in [5.41, 5.74) is 1.79. The quantitative estimate of drug-likeness (QED) is 0.487. The van der Waals surface area contributed by atoms with Gasteiger partial charge in [0.1, 0.15) is 11.6 Å². The van der Waals surface area contributed by atoms with Crippen molar-refractivity contribution in [1.82, 2.24) is 9.88 Å². The van der Waals surface area contributed by atoms with E-state index in [0.717, 1.165) is 41.0 Å². The zero-order chi connectivity index (χ0) is 22.7. The second-order valence-electron chi connectivity index (χ2n) is 7.63. The molecule has 0 unspecified atom stereocenters. The average molecular weight is 478 g/mol. The van der Waals surface area contributed by atoms with Crippen molar-refractivity contribution in [2.24, 2.45) is 0 Å². The molecule has 0 N–H and O–H groups in total. The van der Waals surface area contributed by atoms with Crippen molar-refractivity contribution in [2.75, 3.05) is 50.0 Å². The van der Waals surface area contributed by atoms with Crippen LogP contribution in [0.3, 0.4) is 0 Å². The Labute approximate surface area is 190 Å². The number of thiazole rings is 1. The lowest BCUT2D eigenvalue weighted by atomic mass is 10.2. The van der Waals surface area contributed by atoms with E-state index in [-0.39, 0.29) is 4.90 Å². The first kappa shape index (κ1) is 22.8. The fraction of sp³-hybridized carbons (Fsp3) is 0.364. The van der Waals surface area contributed by atoms with Crippen LogP contribution in [0.15, 0.2) is 47.4 Å². The minimum absolute atomic E-state index is 0.0828. The highest BCUT2D eigenvalue weighted by Gasteiger charge is 2.27. The molecule has 0 radical (unpaired) electrons. The number of benzene rings is 2. The number of hydrogen-bond donors (Lipinski definition) is 0. The van der Waals surface area contributed by atoms with Crippen LogP contribution in [0.4, 0.5) is 9.52 Å². The van der Waals surface area contributed by atoms with Gasteiger partial charge in [0.05, 0.1) is 28.3 Å². The van der Waals surface area contributed by atoms with Crippen LogP contribution < -0.4 is 4.90 Å². The molecule has 0 spiro atoms. The number of anilines is 1. The van der Waals surface area contributed by atoms with Crippen molar-refractivity contribution in [2.45, 2.75) is 11.8 Å². The number of nitrogens with zero attached hydrogens (tertiary/aromatic N) is 3. The molecule has 1 aromatic heterocycles. The van der Waals surface area contributed by atoms with Crippen molar-refractivity contribution in [3.05, 3.63) is 53.8 Å². The molecule has 1 aliphatic heterocycles. The number of sulfone groups is 1. The highest BCUT2D eigenvalue weighted by Crippen LogP contribution is 2.31. The van der Waals surface area contributed by atoms with Crippen LogP contribution >= 0.6 is 11.3 Å². The summed E-state index contributed by atoms with van der Waals surface area (Å²) in [5, 5.41) is 0.474. The van der Waals surface area contributed by atoms with Crippen LogP contribution in [-0.4, -0.2) is 69.4 Å². The first-order valence-electron chi connectivity index (χ1n) is 10.3. The molecule has 2 aromatic carbocycles. The smallest absolute Gasteiger partial charge is 0.244 e. The summed E-state index contributed by atoms with van der Waals surface area (Å²) >= 11 is 1.36. The number of ether oxygens (including phenoxy) is 1. The van der Waals surface area contributed by atoms with E-state index in [9.17, 15) is 17.6 Å². The van der Waals surface area contributed by atoms with Crippen molar-refractivity contribution in [3.8, 4) is 0 Å². The molecule has 1 aliphatic rings. The minimum atomic E-state index is -3.93. The van der Waals surface area contributed by atoms with Gasteiger partial charge in [-0.3, -0.25) is 14.6 Å². The molecule has 0 saturated carbocycles. The van der Waals surface area contributed by atoms with Gasteiger partial charge in [0.15, 0.2) is 15.0 Å². The minimum Gasteiger partial charge on any atom is -0.379 e. The summed E-state index contributed by atoms with van der Waals surface area (Å²) < 4.78 is 45.1. The number of hydrogen-bond acceptors (Lipinski definition) is 7. The zero-order valence-electron chi connectivity index (χ0n) is 17.7. The lowest BCUT2D eigenvalue weighted by Gasteiger charge is -2.29. The number of halogens is 1. The van der Waals surface area contributed by atoms with Crippen molar-refractivity contribution >= 4 is 42.4 Å². The number of aromatic nitrogens is 1. The van der Waals surface area contributed by atoms with Crippen LogP contribution in [0.5, 0.6) is 0 Å². The number of morpholine rings is 1. The first-order valence-corrected chi connectivity index (χ1v) is 12.8. The maximum absolute atomic E-state index is 13.2. The van der Waals surface area contributed by atoms with Crippen LogP contribution in [0, 0.1) is 12.7 Å². The van der Waals surface area contributed by atoms with E-state index in [1.54, 1.807) is 0 Å². The molecule has 3 aromatic rings. The number of carbonyl (C=O) groups is 1. The second kappa shape index (κ2) is 9.62. The maximum Gasteiger partial charge on any atom is 0.244 e. The Morgan fingerprint density at radius 2 is 1.91 bits per heavy atom. The third-order valence-electron chi connectivity index (χ3n) is 5.37. The molecule has 7 nitrogen and oxygen atoms in total. The lowest BCUT2D eigenvalue weighted by molar-refractivity contribution is -0.116. The molecular formula is C22H24FN3O4S2. The summed E-state index contributed by atoms with van der Waals surface area (Å²) in [6, 6.07) is 10.3. The fourth-order valence-electron chi connectivity index (χ4n) is 3.55. The van der Waals surface area contributed by atoms with E-state index < -0.39 is 27.3 Å². The number of para-hydroxylation sites is 1. The summed E-state index contributed by atoms with van der Waals surface area (Å²) in [6.45, 7) is 5.63. The Balaban J connectivity index is 1.60. The Bertz CT molecular complexity index is 1210. The molecule has 4 rings (SSSR count). The Morgan fingerprint density at radius 3 is 2.59 bits per heavy atom. The number of carbonyl (C=O) groups excluding carboxylic acids is 1. The highest BCUT2D eigenvalue weighted by atomic mass is 32.2. The molecule has 1 amide bonds. The first-order chi connectivity index (χ1) is 15.3. The summed E-state index contributed by atoms with van der Waals surface area (Å²) in [6.07, 6.45) is 0. The van der Waals surface area contributed by atoms with E-state index in [4.69, 9.17) is 4.74 Å². The third-order valence-corrected chi connectivity index (χ3v) is 8.03. The van der Waals surface area contributed by atoms with Gasteiger partial charge in [-0.05, 0) is 42.8 Å². The normalized spacial score (nSPS) is 15.2.